The molecule has 0 fully saturated rings. The van der Waals surface area contributed by atoms with E-state index in [0.717, 1.165) is 62.8 Å². The zero-order chi connectivity index (χ0) is 55.7. The lowest BCUT2D eigenvalue weighted by Crippen LogP contribution is -2.43. The number of allylic oxidation sites excluding steroid dienone is 6. The predicted molar refractivity (Wildman–Crippen MR) is 302 cm³/mol. The highest BCUT2D eigenvalue weighted by molar-refractivity contribution is 7.09. The van der Waals surface area contributed by atoms with Crippen LogP contribution in [0.2, 0.25) is 0 Å². The molecule has 12 heteroatoms. The third-order valence-corrected chi connectivity index (χ3v) is 15.2. The number of rotatable bonds is 28. The fraction of sp³-hybridized carbons (Fsp3) is 0.550. The molecule has 0 amide bonds. The molecule has 0 aromatic carbocycles. The number of aldehydes is 1. The van der Waals surface area contributed by atoms with Crippen molar-refractivity contribution in [2.45, 2.75) is 168 Å². The van der Waals surface area contributed by atoms with E-state index in [4.69, 9.17) is 9.47 Å². The maximum atomic E-state index is 13.3. The molecule has 2 heterocycles. The SMILES string of the molecule is C=C/C(C)=C\C[C@H](OC(C)=O)/C(C)=C/c1csc(C)n1.C=CC[C@H](C)[C@H](C)[C@@H](C)C(=O)C(C)(C)C=O.C=CC[C@H](C)[C@H](C)[C@@H](C)C(=O)C(C)(C)[C@@H](O)CC(=O)O[C@@H](C/C=C(/C)C=C)/C(C)=C/c1csc(C)n1. The van der Waals surface area contributed by atoms with Gasteiger partial charge >= 0.3 is 11.9 Å². The van der Waals surface area contributed by atoms with Crippen molar-refractivity contribution < 1.29 is 38.6 Å². The Morgan fingerprint density at radius 3 is 1.38 bits per heavy atom. The standard InChI is InChI=1S/C30H45NO4S.C16H21NO2S.C14H24O2/c1-11-13-20(4)22(6)23(7)29(34)30(9,10)27(32)17-28(33)35-26(15-14-19(3)12-2)21(5)16-25-18-36-24(8)31-25;1-6-11(2)7-8-16(19-14(5)18)12(3)9-15-10-20-13(4)17-15;1-7-8-10(2)11(3)12(4)13(16)14(5,6)9-15/h11-12,14,16,18,20,22-23,26-27,32H,1-2,13,15,17H2,3-10H3;6-7,9-10,16H,1,8H2,2-5H3;7,9-12H,1,8H2,2-6H3/b19-14-,21-16+;11-7-,12-9+;/t20-,22-,23+,26-,27-;16-;10-,11-,12+/m000/s1. The Hall–Kier alpha value is -4.91. The largest absolute Gasteiger partial charge is 0.458 e. The Labute approximate surface area is 442 Å². The number of ether oxygens (including phenoxy) is 2. The lowest BCUT2D eigenvalue weighted by Gasteiger charge is -2.34. The van der Waals surface area contributed by atoms with Crippen molar-refractivity contribution in [2.24, 2.45) is 46.3 Å². The number of hydrogen-bond donors (Lipinski definition) is 1. The molecule has 9 atom stereocenters. The number of aliphatic hydroxyl groups is 1. The number of thiazole rings is 2. The monoisotopic (exact) mass is 1030 g/mol. The van der Waals surface area contributed by atoms with Crippen molar-refractivity contribution in [3.63, 3.8) is 0 Å². The number of aliphatic hydroxyl groups excluding tert-OH is 1. The molecule has 0 unspecified atom stereocenters. The summed E-state index contributed by atoms with van der Waals surface area (Å²) in [5.41, 5.74) is 3.67. The summed E-state index contributed by atoms with van der Waals surface area (Å²) in [5.74, 6) is -0.0780. The van der Waals surface area contributed by atoms with E-state index in [1.54, 1.807) is 62.5 Å². The summed E-state index contributed by atoms with van der Waals surface area (Å²) >= 11 is 3.16. The lowest BCUT2D eigenvalue weighted by atomic mass is 9.70. The van der Waals surface area contributed by atoms with Crippen LogP contribution in [-0.2, 0) is 33.4 Å². The van der Waals surface area contributed by atoms with Crippen molar-refractivity contribution in [3.8, 4) is 0 Å². The topological polar surface area (TPSA) is 150 Å². The van der Waals surface area contributed by atoms with Crippen LogP contribution in [0.25, 0.3) is 12.2 Å². The van der Waals surface area contributed by atoms with Gasteiger partial charge in [0.05, 0.1) is 44.8 Å². The zero-order valence-electron chi connectivity index (χ0n) is 46.9. The van der Waals surface area contributed by atoms with E-state index < -0.39 is 29.0 Å². The summed E-state index contributed by atoms with van der Waals surface area (Å²) in [6.45, 7) is 47.0. The molecular weight excluding hydrogens is 941 g/mol. The van der Waals surface area contributed by atoms with E-state index in [-0.39, 0.29) is 53.7 Å². The fourth-order valence-corrected chi connectivity index (χ4v) is 8.73. The van der Waals surface area contributed by atoms with Crippen molar-refractivity contribution in [1.82, 2.24) is 9.97 Å². The average molecular weight is 1030 g/mol. The summed E-state index contributed by atoms with van der Waals surface area (Å²) in [6, 6.07) is 0. The molecule has 2 aromatic rings. The zero-order valence-corrected chi connectivity index (χ0v) is 48.6. The third kappa shape index (κ3) is 23.8. The van der Waals surface area contributed by atoms with Crippen LogP contribution < -0.4 is 0 Å². The molecule has 0 aliphatic carbocycles. The Balaban J connectivity index is 0.00000117. The van der Waals surface area contributed by atoms with Crippen LogP contribution >= 0.6 is 22.7 Å². The van der Waals surface area contributed by atoms with Gasteiger partial charge in [-0.05, 0) is 115 Å². The van der Waals surface area contributed by atoms with Crippen molar-refractivity contribution in [3.05, 3.63) is 117 Å². The van der Waals surface area contributed by atoms with Gasteiger partial charge in [-0.2, -0.15) is 0 Å². The van der Waals surface area contributed by atoms with E-state index >= 15 is 0 Å². The average Bonchev–Trinajstić information content (AvgIpc) is 3.95. The summed E-state index contributed by atoms with van der Waals surface area (Å²) < 4.78 is 11.2. The van der Waals surface area contributed by atoms with E-state index in [2.05, 4.69) is 64.0 Å². The molecule has 2 rings (SSSR count). The van der Waals surface area contributed by atoms with Gasteiger partial charge in [-0.1, -0.05) is 116 Å². The lowest BCUT2D eigenvalue weighted by molar-refractivity contribution is -0.153. The second-order valence-electron chi connectivity index (χ2n) is 20.5. The predicted octanol–water partition coefficient (Wildman–Crippen LogP) is 14.7. The molecule has 400 valence electrons. The number of carbonyl (C=O) groups excluding carboxylic acids is 5. The number of esters is 2. The van der Waals surface area contributed by atoms with E-state index in [1.165, 1.54) is 6.92 Å². The molecule has 2 aromatic heterocycles. The van der Waals surface area contributed by atoms with Crippen LogP contribution in [0.5, 0.6) is 0 Å². The smallest absolute Gasteiger partial charge is 0.309 e. The molecule has 0 bridgehead atoms. The number of carbonyl (C=O) groups is 5. The highest BCUT2D eigenvalue weighted by atomic mass is 32.1. The summed E-state index contributed by atoms with van der Waals surface area (Å²) in [5, 5.41) is 16.9. The van der Waals surface area contributed by atoms with Crippen LogP contribution in [-0.4, -0.2) is 63.2 Å². The third-order valence-electron chi connectivity index (χ3n) is 13.6. The molecule has 1 N–H and O–H groups in total. The van der Waals surface area contributed by atoms with Crippen molar-refractivity contribution in [2.75, 3.05) is 0 Å². The van der Waals surface area contributed by atoms with Crippen molar-refractivity contribution >= 4 is 64.6 Å². The maximum absolute atomic E-state index is 13.3. The fourth-order valence-electron chi connectivity index (χ4n) is 7.59. The number of aryl methyl sites for hydroxylation is 2. The van der Waals surface area contributed by atoms with Gasteiger partial charge in [-0.25, -0.2) is 9.97 Å². The Morgan fingerprint density at radius 2 is 1.04 bits per heavy atom. The minimum absolute atomic E-state index is 0.0333. The molecule has 0 aliphatic heterocycles. The van der Waals surface area contributed by atoms with Gasteiger partial charge in [-0.3, -0.25) is 19.2 Å². The van der Waals surface area contributed by atoms with Crippen LogP contribution in [0.1, 0.15) is 157 Å². The molecule has 10 nitrogen and oxygen atoms in total. The number of hydrogen-bond acceptors (Lipinski definition) is 12. The first-order valence-electron chi connectivity index (χ1n) is 25.0. The molecule has 72 heavy (non-hydrogen) atoms. The van der Waals surface area contributed by atoms with Gasteiger partial charge in [0.15, 0.2) is 0 Å². The first-order valence-corrected chi connectivity index (χ1v) is 26.8. The van der Waals surface area contributed by atoms with Crippen LogP contribution in [0.3, 0.4) is 0 Å². The van der Waals surface area contributed by atoms with Crippen LogP contribution in [0.4, 0.5) is 0 Å². The summed E-state index contributed by atoms with van der Waals surface area (Å²) in [7, 11) is 0. The quantitative estimate of drug-likeness (QED) is 0.0287. The van der Waals surface area contributed by atoms with Crippen LogP contribution in [0.15, 0.2) is 95.8 Å². The van der Waals surface area contributed by atoms with E-state index in [9.17, 15) is 29.1 Å². The normalized spacial score (nSPS) is 16.2. The number of aromatic nitrogens is 2. The van der Waals surface area contributed by atoms with Gasteiger partial charge in [0.1, 0.15) is 30.1 Å². The Kier molecular flexibility index (Phi) is 30.8. The molecule has 0 saturated heterocycles. The first kappa shape index (κ1) is 67.1. The second-order valence-corrected chi connectivity index (χ2v) is 22.6. The minimum Gasteiger partial charge on any atom is -0.458 e. The van der Waals surface area contributed by atoms with Gasteiger partial charge in [0, 0.05) is 42.4 Å². The molecule has 0 aliphatic rings. The molecule has 0 spiro atoms. The molecular formula is C60H90N2O8S2. The van der Waals surface area contributed by atoms with Gasteiger partial charge < -0.3 is 19.4 Å². The van der Waals surface area contributed by atoms with Crippen molar-refractivity contribution in [1.29, 1.82) is 0 Å². The highest BCUT2D eigenvalue weighted by Gasteiger charge is 2.41. The van der Waals surface area contributed by atoms with Gasteiger partial charge in [0.2, 0.25) is 0 Å². The minimum atomic E-state index is -1.15. The summed E-state index contributed by atoms with van der Waals surface area (Å²) in [4.78, 5) is 69.3. The highest BCUT2D eigenvalue weighted by Crippen LogP contribution is 2.35. The molecule has 0 radical (unpaired) electrons. The number of ketones is 2. The van der Waals surface area contributed by atoms with Gasteiger partial charge in [0.25, 0.3) is 0 Å². The van der Waals surface area contributed by atoms with E-state index in [0.29, 0.717) is 24.7 Å². The second kappa shape index (κ2) is 33.0. The van der Waals surface area contributed by atoms with Crippen LogP contribution in [0, 0.1) is 60.2 Å². The number of nitrogens with zero attached hydrogens (tertiary/aromatic N) is 2. The number of Topliss-reactive ketones (excluding diaryl/α,β-unsaturated/α-hetero) is 2. The Bertz CT molecular complexity index is 2240. The molecule has 0 saturated carbocycles. The summed E-state index contributed by atoms with van der Waals surface area (Å²) in [6.07, 6.45) is 16.5. The maximum Gasteiger partial charge on any atom is 0.309 e. The Morgan fingerprint density at radius 1 is 0.653 bits per heavy atom. The van der Waals surface area contributed by atoms with E-state index in [1.807, 2.05) is 103 Å². The van der Waals surface area contributed by atoms with Gasteiger partial charge in [-0.15, -0.1) is 35.8 Å². The first-order chi connectivity index (χ1) is 33.4.